The predicted octanol–water partition coefficient (Wildman–Crippen LogP) is 1.78. The highest BCUT2D eigenvalue weighted by atomic mass is 19.1. The van der Waals surface area contributed by atoms with E-state index in [1.807, 2.05) is 6.92 Å². The van der Waals surface area contributed by atoms with Gasteiger partial charge in [-0.15, -0.1) is 0 Å². The number of halogens is 1. The predicted molar refractivity (Wildman–Crippen MR) is 62.6 cm³/mol. The van der Waals surface area contributed by atoms with Crippen molar-refractivity contribution in [3.8, 4) is 0 Å². The number of hydrogen-bond donors (Lipinski definition) is 1. The van der Waals surface area contributed by atoms with Gasteiger partial charge in [0.25, 0.3) is 0 Å². The Morgan fingerprint density at radius 1 is 1.47 bits per heavy atom. The molecule has 1 aliphatic heterocycles. The lowest BCUT2D eigenvalue weighted by Gasteiger charge is -2.28. The molecule has 0 radical (unpaired) electrons. The van der Waals surface area contributed by atoms with Gasteiger partial charge in [0.15, 0.2) is 5.78 Å². The summed E-state index contributed by atoms with van der Waals surface area (Å²) >= 11 is 0. The van der Waals surface area contributed by atoms with E-state index in [9.17, 15) is 9.18 Å². The van der Waals surface area contributed by atoms with Crippen molar-refractivity contribution in [2.24, 2.45) is 0 Å². The van der Waals surface area contributed by atoms with Crippen LogP contribution in [0.3, 0.4) is 0 Å². The largest absolute Gasteiger partial charge is 0.378 e. The molecule has 2 atom stereocenters. The van der Waals surface area contributed by atoms with Gasteiger partial charge in [-0.25, -0.2) is 4.39 Å². The van der Waals surface area contributed by atoms with Gasteiger partial charge in [0.1, 0.15) is 5.82 Å². The molecule has 0 aromatic heterocycles. The molecule has 2 rings (SSSR count). The van der Waals surface area contributed by atoms with Crippen LogP contribution in [0.15, 0.2) is 24.3 Å². The Morgan fingerprint density at radius 2 is 2.24 bits per heavy atom. The van der Waals surface area contributed by atoms with Gasteiger partial charge in [-0.1, -0.05) is 12.1 Å². The number of nitrogens with one attached hydrogen (secondary N) is 1. The van der Waals surface area contributed by atoms with E-state index in [2.05, 4.69) is 5.32 Å². The first kappa shape index (κ1) is 12.2. The lowest BCUT2D eigenvalue weighted by atomic mass is 10.0. The number of carbonyl (C=O) groups is 1. The van der Waals surface area contributed by atoms with E-state index in [0.29, 0.717) is 13.2 Å². The normalized spacial score (nSPS) is 24.6. The summed E-state index contributed by atoms with van der Waals surface area (Å²) in [5.41, 5.74) is 0.160. The average Bonchev–Trinajstić information content (AvgIpc) is 2.29. The lowest BCUT2D eigenvalue weighted by Crippen LogP contribution is -2.48. The SMILES string of the molecule is CC1COCC(CC(=O)c2ccccc2F)N1. The fourth-order valence-corrected chi connectivity index (χ4v) is 2.02. The van der Waals surface area contributed by atoms with Crippen LogP contribution < -0.4 is 5.32 Å². The minimum atomic E-state index is -0.456. The number of hydrogen-bond acceptors (Lipinski definition) is 3. The molecule has 1 heterocycles. The third-order valence-electron chi connectivity index (χ3n) is 2.81. The van der Waals surface area contributed by atoms with E-state index in [1.54, 1.807) is 12.1 Å². The van der Waals surface area contributed by atoms with Crippen LogP contribution in [-0.4, -0.2) is 31.1 Å². The van der Waals surface area contributed by atoms with Crippen LogP contribution in [0.4, 0.5) is 4.39 Å². The van der Waals surface area contributed by atoms with Crippen molar-refractivity contribution < 1.29 is 13.9 Å². The van der Waals surface area contributed by atoms with Gasteiger partial charge in [-0.2, -0.15) is 0 Å². The summed E-state index contributed by atoms with van der Waals surface area (Å²) in [7, 11) is 0. The van der Waals surface area contributed by atoms with E-state index in [-0.39, 0.29) is 29.9 Å². The monoisotopic (exact) mass is 237 g/mol. The van der Waals surface area contributed by atoms with Crippen LogP contribution in [-0.2, 0) is 4.74 Å². The molecular weight excluding hydrogens is 221 g/mol. The zero-order chi connectivity index (χ0) is 12.3. The zero-order valence-electron chi connectivity index (χ0n) is 9.78. The summed E-state index contributed by atoms with van der Waals surface area (Å²) in [6.45, 7) is 3.16. The van der Waals surface area contributed by atoms with E-state index in [0.717, 1.165) is 0 Å². The molecule has 0 saturated carbocycles. The topological polar surface area (TPSA) is 38.3 Å². The first-order valence-electron chi connectivity index (χ1n) is 5.78. The Morgan fingerprint density at radius 3 is 2.94 bits per heavy atom. The fourth-order valence-electron chi connectivity index (χ4n) is 2.02. The second-order valence-corrected chi connectivity index (χ2v) is 4.41. The van der Waals surface area contributed by atoms with Gasteiger partial charge < -0.3 is 10.1 Å². The summed E-state index contributed by atoms with van der Waals surface area (Å²) < 4.78 is 18.8. The number of ketones is 1. The van der Waals surface area contributed by atoms with Crippen molar-refractivity contribution >= 4 is 5.78 Å². The van der Waals surface area contributed by atoms with Crippen molar-refractivity contribution in [1.82, 2.24) is 5.32 Å². The van der Waals surface area contributed by atoms with Crippen LogP contribution in [0.2, 0.25) is 0 Å². The number of rotatable bonds is 3. The van der Waals surface area contributed by atoms with Gasteiger partial charge in [0.05, 0.1) is 18.8 Å². The van der Waals surface area contributed by atoms with Gasteiger partial charge in [0, 0.05) is 18.5 Å². The maximum Gasteiger partial charge on any atom is 0.167 e. The molecule has 4 heteroatoms. The fraction of sp³-hybridized carbons (Fsp3) is 0.462. The summed E-state index contributed by atoms with van der Waals surface area (Å²) in [6.07, 6.45) is 0.269. The molecule has 0 amide bonds. The Bertz CT molecular complexity index is 408. The maximum atomic E-state index is 13.4. The Labute approximate surface area is 100.0 Å². The van der Waals surface area contributed by atoms with E-state index < -0.39 is 5.82 Å². The molecule has 0 bridgehead atoms. The summed E-state index contributed by atoms with van der Waals surface area (Å²) in [5, 5.41) is 3.27. The molecule has 1 aromatic rings. The number of benzene rings is 1. The first-order chi connectivity index (χ1) is 8.16. The molecule has 92 valence electrons. The van der Waals surface area contributed by atoms with E-state index in [1.165, 1.54) is 12.1 Å². The van der Waals surface area contributed by atoms with Gasteiger partial charge in [-0.3, -0.25) is 4.79 Å². The molecule has 0 aliphatic carbocycles. The van der Waals surface area contributed by atoms with E-state index >= 15 is 0 Å². The highest BCUT2D eigenvalue weighted by Gasteiger charge is 2.22. The number of Topliss-reactive ketones (excluding diaryl/α,β-unsaturated/α-hetero) is 1. The first-order valence-corrected chi connectivity index (χ1v) is 5.78. The van der Waals surface area contributed by atoms with Crippen molar-refractivity contribution in [2.45, 2.75) is 25.4 Å². The molecule has 2 unspecified atom stereocenters. The van der Waals surface area contributed by atoms with Gasteiger partial charge in [0.2, 0.25) is 0 Å². The summed E-state index contributed by atoms with van der Waals surface area (Å²) in [5.74, 6) is -0.638. The number of carbonyl (C=O) groups excluding carboxylic acids is 1. The number of morpholine rings is 1. The third kappa shape index (κ3) is 3.11. The Hall–Kier alpha value is -1.26. The molecule has 1 saturated heterocycles. The van der Waals surface area contributed by atoms with Crippen LogP contribution in [0.5, 0.6) is 0 Å². The minimum absolute atomic E-state index is 0.0224. The van der Waals surface area contributed by atoms with Crippen LogP contribution in [0.1, 0.15) is 23.7 Å². The molecule has 17 heavy (non-hydrogen) atoms. The lowest BCUT2D eigenvalue weighted by molar-refractivity contribution is 0.0463. The van der Waals surface area contributed by atoms with Crippen LogP contribution in [0.25, 0.3) is 0 Å². The zero-order valence-corrected chi connectivity index (χ0v) is 9.78. The van der Waals surface area contributed by atoms with Crippen LogP contribution in [0, 0.1) is 5.82 Å². The summed E-state index contributed by atoms with van der Waals surface area (Å²) in [6, 6.07) is 6.29. The summed E-state index contributed by atoms with van der Waals surface area (Å²) in [4.78, 5) is 11.9. The minimum Gasteiger partial charge on any atom is -0.378 e. The smallest absolute Gasteiger partial charge is 0.167 e. The second kappa shape index (κ2) is 5.38. The molecule has 3 nitrogen and oxygen atoms in total. The third-order valence-corrected chi connectivity index (χ3v) is 2.81. The quantitative estimate of drug-likeness (QED) is 0.814. The van der Waals surface area contributed by atoms with E-state index in [4.69, 9.17) is 4.74 Å². The maximum absolute atomic E-state index is 13.4. The Kier molecular flexibility index (Phi) is 3.86. The highest BCUT2D eigenvalue weighted by Crippen LogP contribution is 2.12. The van der Waals surface area contributed by atoms with Crippen molar-refractivity contribution in [3.63, 3.8) is 0 Å². The van der Waals surface area contributed by atoms with Crippen LogP contribution >= 0.6 is 0 Å². The molecule has 1 aromatic carbocycles. The standard InChI is InChI=1S/C13H16FNO2/c1-9-7-17-8-10(15-9)6-13(16)11-4-2-3-5-12(11)14/h2-5,9-10,15H,6-8H2,1H3. The molecule has 1 aliphatic rings. The van der Waals surface area contributed by atoms with Crippen molar-refractivity contribution in [1.29, 1.82) is 0 Å². The highest BCUT2D eigenvalue weighted by molar-refractivity contribution is 5.96. The molecule has 0 spiro atoms. The second-order valence-electron chi connectivity index (χ2n) is 4.41. The van der Waals surface area contributed by atoms with Crippen molar-refractivity contribution in [2.75, 3.05) is 13.2 Å². The Balaban J connectivity index is 1.99. The van der Waals surface area contributed by atoms with Crippen molar-refractivity contribution in [3.05, 3.63) is 35.6 Å². The molecular formula is C13H16FNO2. The van der Waals surface area contributed by atoms with Gasteiger partial charge >= 0.3 is 0 Å². The average molecular weight is 237 g/mol. The molecule has 1 fully saturated rings. The molecule has 1 N–H and O–H groups in total. The van der Waals surface area contributed by atoms with Gasteiger partial charge in [-0.05, 0) is 19.1 Å². The number of ether oxygens (including phenoxy) is 1.